The van der Waals surface area contributed by atoms with Crippen molar-refractivity contribution >= 4 is 23.4 Å². The van der Waals surface area contributed by atoms with E-state index < -0.39 is 0 Å². The van der Waals surface area contributed by atoms with Crippen molar-refractivity contribution in [2.75, 3.05) is 0 Å². The highest BCUT2D eigenvalue weighted by atomic mass is 35.5. The van der Waals surface area contributed by atoms with E-state index in [1.807, 2.05) is 36.4 Å². The largest absolute Gasteiger partial charge is 0.411 e. The molecule has 0 fully saturated rings. The number of rotatable bonds is 5. The zero-order valence-electron chi connectivity index (χ0n) is 11.6. The zero-order valence-corrected chi connectivity index (χ0v) is 13.1. The molecule has 0 aliphatic heterocycles. The SMILES string of the molecule is OCc1ccc(CSc2nnc(-c3cccc(Cl)c3)o2)cc1. The number of hydrogen-bond donors (Lipinski definition) is 1. The third-order valence-electron chi connectivity index (χ3n) is 3.05. The molecule has 1 heterocycles. The molecule has 1 N–H and O–H groups in total. The predicted molar refractivity (Wildman–Crippen MR) is 86.7 cm³/mol. The molecule has 112 valence electrons. The van der Waals surface area contributed by atoms with E-state index in [1.165, 1.54) is 11.8 Å². The molecule has 22 heavy (non-hydrogen) atoms. The molecule has 0 bridgehead atoms. The van der Waals surface area contributed by atoms with Crippen LogP contribution in [-0.4, -0.2) is 15.3 Å². The monoisotopic (exact) mass is 332 g/mol. The van der Waals surface area contributed by atoms with Gasteiger partial charge in [0.2, 0.25) is 5.89 Å². The van der Waals surface area contributed by atoms with Crippen LogP contribution in [0, 0.1) is 0 Å². The Morgan fingerprint density at radius 1 is 1.05 bits per heavy atom. The van der Waals surface area contributed by atoms with Gasteiger partial charge in [-0.25, -0.2) is 0 Å². The van der Waals surface area contributed by atoms with Crippen molar-refractivity contribution in [2.24, 2.45) is 0 Å². The first-order valence-corrected chi connectivity index (χ1v) is 8.02. The molecule has 1 aromatic heterocycles. The third kappa shape index (κ3) is 3.68. The van der Waals surface area contributed by atoms with Crippen molar-refractivity contribution in [1.29, 1.82) is 0 Å². The van der Waals surface area contributed by atoms with Crippen molar-refractivity contribution in [2.45, 2.75) is 17.6 Å². The number of aromatic nitrogens is 2. The lowest BCUT2D eigenvalue weighted by atomic mass is 10.2. The molecule has 0 unspecified atom stereocenters. The van der Waals surface area contributed by atoms with E-state index in [1.54, 1.807) is 12.1 Å². The van der Waals surface area contributed by atoms with Gasteiger partial charge in [-0.3, -0.25) is 0 Å². The quantitative estimate of drug-likeness (QED) is 0.710. The molecule has 0 spiro atoms. The van der Waals surface area contributed by atoms with Gasteiger partial charge in [0.25, 0.3) is 5.22 Å². The van der Waals surface area contributed by atoms with Crippen LogP contribution in [0.4, 0.5) is 0 Å². The maximum Gasteiger partial charge on any atom is 0.277 e. The summed E-state index contributed by atoms with van der Waals surface area (Å²) in [5.41, 5.74) is 2.83. The van der Waals surface area contributed by atoms with Crippen LogP contribution in [0.5, 0.6) is 0 Å². The fourth-order valence-corrected chi connectivity index (χ4v) is 2.80. The topological polar surface area (TPSA) is 59.2 Å². The lowest BCUT2D eigenvalue weighted by Crippen LogP contribution is -1.85. The highest BCUT2D eigenvalue weighted by Crippen LogP contribution is 2.27. The van der Waals surface area contributed by atoms with Gasteiger partial charge in [-0.05, 0) is 29.3 Å². The van der Waals surface area contributed by atoms with Gasteiger partial charge in [0, 0.05) is 16.3 Å². The average molecular weight is 333 g/mol. The molecule has 0 aliphatic carbocycles. The maximum absolute atomic E-state index is 9.02. The summed E-state index contributed by atoms with van der Waals surface area (Å²) < 4.78 is 5.63. The summed E-state index contributed by atoms with van der Waals surface area (Å²) in [7, 11) is 0. The maximum atomic E-state index is 9.02. The van der Waals surface area contributed by atoms with Gasteiger partial charge in [0.1, 0.15) is 0 Å². The Labute approximate surface area is 137 Å². The highest BCUT2D eigenvalue weighted by Gasteiger charge is 2.09. The molecule has 0 amide bonds. The van der Waals surface area contributed by atoms with Gasteiger partial charge < -0.3 is 9.52 Å². The summed E-state index contributed by atoms with van der Waals surface area (Å²) in [5, 5.41) is 18.2. The molecule has 3 aromatic rings. The van der Waals surface area contributed by atoms with E-state index in [9.17, 15) is 0 Å². The standard InChI is InChI=1S/C16H13ClN2O2S/c17-14-3-1-2-13(8-14)15-18-19-16(21-15)22-10-12-6-4-11(9-20)5-7-12/h1-8,20H,9-10H2. The molecule has 0 radical (unpaired) electrons. The average Bonchev–Trinajstić information content (AvgIpc) is 3.02. The van der Waals surface area contributed by atoms with Gasteiger partial charge in [0.05, 0.1) is 6.61 Å². The van der Waals surface area contributed by atoms with E-state index in [2.05, 4.69) is 10.2 Å². The van der Waals surface area contributed by atoms with E-state index in [4.69, 9.17) is 21.1 Å². The van der Waals surface area contributed by atoms with Crippen LogP contribution >= 0.6 is 23.4 Å². The minimum atomic E-state index is 0.0556. The first-order valence-electron chi connectivity index (χ1n) is 6.65. The minimum Gasteiger partial charge on any atom is -0.411 e. The van der Waals surface area contributed by atoms with Crippen LogP contribution in [0.2, 0.25) is 5.02 Å². The van der Waals surface area contributed by atoms with E-state index >= 15 is 0 Å². The highest BCUT2D eigenvalue weighted by molar-refractivity contribution is 7.98. The van der Waals surface area contributed by atoms with Crippen molar-refractivity contribution < 1.29 is 9.52 Å². The number of halogens is 1. The molecule has 2 aromatic carbocycles. The zero-order chi connectivity index (χ0) is 15.4. The second-order valence-corrected chi connectivity index (χ2v) is 6.01. The van der Waals surface area contributed by atoms with Crippen molar-refractivity contribution in [1.82, 2.24) is 10.2 Å². The van der Waals surface area contributed by atoms with Crippen LogP contribution in [0.15, 0.2) is 58.2 Å². The Kier molecular flexibility index (Phi) is 4.77. The second kappa shape index (κ2) is 6.96. The first-order chi connectivity index (χ1) is 10.7. The molecule has 0 aliphatic rings. The Hall–Kier alpha value is -1.82. The number of hydrogen-bond acceptors (Lipinski definition) is 5. The van der Waals surface area contributed by atoms with Crippen molar-refractivity contribution in [3.8, 4) is 11.5 Å². The fraction of sp³-hybridized carbons (Fsp3) is 0.125. The summed E-state index contributed by atoms with van der Waals surface area (Å²) >= 11 is 7.43. The van der Waals surface area contributed by atoms with Crippen LogP contribution in [0.1, 0.15) is 11.1 Å². The third-order valence-corrected chi connectivity index (χ3v) is 4.17. The molecule has 0 atom stereocenters. The van der Waals surface area contributed by atoms with E-state index in [0.29, 0.717) is 16.1 Å². The Balaban J connectivity index is 1.66. The van der Waals surface area contributed by atoms with Crippen LogP contribution < -0.4 is 0 Å². The van der Waals surface area contributed by atoms with E-state index in [-0.39, 0.29) is 6.61 Å². The second-order valence-electron chi connectivity index (χ2n) is 4.65. The van der Waals surface area contributed by atoms with Gasteiger partial charge in [-0.2, -0.15) is 0 Å². The Morgan fingerprint density at radius 2 is 1.82 bits per heavy atom. The lowest BCUT2D eigenvalue weighted by Gasteiger charge is -2.00. The van der Waals surface area contributed by atoms with Gasteiger partial charge in [0.15, 0.2) is 0 Å². The van der Waals surface area contributed by atoms with Crippen molar-refractivity contribution in [3.05, 3.63) is 64.7 Å². The summed E-state index contributed by atoms with van der Waals surface area (Å²) in [6.07, 6.45) is 0. The lowest BCUT2D eigenvalue weighted by molar-refractivity contribution is 0.282. The molecule has 4 nitrogen and oxygen atoms in total. The molecular weight excluding hydrogens is 320 g/mol. The van der Waals surface area contributed by atoms with Gasteiger partial charge >= 0.3 is 0 Å². The van der Waals surface area contributed by atoms with E-state index in [0.717, 1.165) is 22.4 Å². The number of benzene rings is 2. The van der Waals surface area contributed by atoms with Crippen LogP contribution in [-0.2, 0) is 12.4 Å². The molecular formula is C16H13ClN2O2S. The molecule has 0 saturated carbocycles. The Morgan fingerprint density at radius 3 is 2.55 bits per heavy atom. The van der Waals surface area contributed by atoms with Crippen molar-refractivity contribution in [3.63, 3.8) is 0 Å². The summed E-state index contributed by atoms with van der Waals surface area (Å²) in [5.74, 6) is 1.18. The summed E-state index contributed by atoms with van der Waals surface area (Å²) in [6.45, 7) is 0.0556. The minimum absolute atomic E-state index is 0.0556. The first kappa shape index (κ1) is 15.1. The number of aliphatic hydroxyl groups excluding tert-OH is 1. The number of thioether (sulfide) groups is 1. The molecule has 0 saturated heterocycles. The van der Waals surface area contributed by atoms with Gasteiger partial charge in [-0.15, -0.1) is 10.2 Å². The predicted octanol–water partition coefficient (Wildman–Crippen LogP) is 4.17. The summed E-state index contributed by atoms with van der Waals surface area (Å²) in [4.78, 5) is 0. The fourth-order valence-electron chi connectivity index (χ4n) is 1.89. The van der Waals surface area contributed by atoms with Crippen LogP contribution in [0.3, 0.4) is 0 Å². The smallest absolute Gasteiger partial charge is 0.277 e. The number of aliphatic hydroxyl groups is 1. The molecule has 3 rings (SSSR count). The normalized spacial score (nSPS) is 10.8. The molecule has 6 heteroatoms. The summed E-state index contributed by atoms with van der Waals surface area (Å²) in [6, 6.07) is 15.1. The van der Waals surface area contributed by atoms with Crippen LogP contribution in [0.25, 0.3) is 11.5 Å². The Bertz CT molecular complexity index is 759. The number of nitrogens with zero attached hydrogens (tertiary/aromatic N) is 2. The van der Waals surface area contributed by atoms with Gasteiger partial charge in [-0.1, -0.05) is 53.7 Å².